The number of hydrogen-bond donors (Lipinski definition) is 2. The van der Waals surface area contributed by atoms with Crippen molar-refractivity contribution in [1.29, 1.82) is 0 Å². The van der Waals surface area contributed by atoms with Gasteiger partial charge in [-0.05, 0) is 38.2 Å². The predicted molar refractivity (Wildman–Crippen MR) is 100 cm³/mol. The summed E-state index contributed by atoms with van der Waals surface area (Å²) in [6.07, 6.45) is 7.24. The smallest absolute Gasteiger partial charge is 0.191 e. The number of halogens is 1. The van der Waals surface area contributed by atoms with E-state index in [1.165, 1.54) is 12.8 Å². The van der Waals surface area contributed by atoms with Crippen LogP contribution in [0.25, 0.3) is 0 Å². The number of hydrogen-bond acceptors (Lipinski definition) is 2. The standard InChI is InChI=1S/C15H29N5.HI/c1-13(2)7-8-14(3)19-15(16-4)17-9-5-11-20-12-6-10-18-20;/h6,10,12-14H,5,7-9,11H2,1-4H3,(H2,16,17,19);1H. The fourth-order valence-corrected chi connectivity index (χ4v) is 1.96. The van der Waals surface area contributed by atoms with Crippen LogP contribution in [0.5, 0.6) is 0 Å². The van der Waals surface area contributed by atoms with Crippen LogP contribution in [0.2, 0.25) is 0 Å². The molecule has 0 amide bonds. The molecule has 0 aliphatic carbocycles. The Labute approximate surface area is 146 Å². The van der Waals surface area contributed by atoms with E-state index in [4.69, 9.17) is 0 Å². The van der Waals surface area contributed by atoms with Crippen molar-refractivity contribution in [3.05, 3.63) is 18.5 Å². The van der Waals surface area contributed by atoms with E-state index < -0.39 is 0 Å². The van der Waals surface area contributed by atoms with Crippen LogP contribution < -0.4 is 10.6 Å². The summed E-state index contributed by atoms with van der Waals surface area (Å²) >= 11 is 0. The molecule has 122 valence electrons. The van der Waals surface area contributed by atoms with Crippen molar-refractivity contribution in [3.8, 4) is 0 Å². The van der Waals surface area contributed by atoms with E-state index in [-0.39, 0.29) is 24.0 Å². The van der Waals surface area contributed by atoms with Crippen molar-refractivity contribution in [3.63, 3.8) is 0 Å². The van der Waals surface area contributed by atoms with Gasteiger partial charge in [-0.1, -0.05) is 13.8 Å². The number of aliphatic imine (C=N–C) groups is 1. The average Bonchev–Trinajstić information content (AvgIpc) is 2.93. The monoisotopic (exact) mass is 407 g/mol. The second-order valence-corrected chi connectivity index (χ2v) is 5.64. The average molecular weight is 407 g/mol. The van der Waals surface area contributed by atoms with E-state index in [9.17, 15) is 0 Å². The third-order valence-corrected chi connectivity index (χ3v) is 3.20. The number of aromatic nitrogens is 2. The van der Waals surface area contributed by atoms with Gasteiger partial charge in [0.15, 0.2) is 5.96 Å². The largest absolute Gasteiger partial charge is 0.356 e. The maximum absolute atomic E-state index is 4.26. The zero-order chi connectivity index (χ0) is 14.8. The van der Waals surface area contributed by atoms with Gasteiger partial charge in [0.2, 0.25) is 0 Å². The van der Waals surface area contributed by atoms with E-state index in [1.807, 2.05) is 30.2 Å². The van der Waals surface area contributed by atoms with Crippen molar-refractivity contribution in [2.45, 2.75) is 52.6 Å². The summed E-state index contributed by atoms with van der Waals surface area (Å²) in [4.78, 5) is 4.26. The molecule has 21 heavy (non-hydrogen) atoms. The van der Waals surface area contributed by atoms with Gasteiger partial charge in [-0.25, -0.2) is 0 Å². The molecule has 0 fully saturated rings. The van der Waals surface area contributed by atoms with Crippen molar-refractivity contribution in [1.82, 2.24) is 20.4 Å². The molecule has 6 heteroatoms. The van der Waals surface area contributed by atoms with Gasteiger partial charge >= 0.3 is 0 Å². The molecule has 0 spiro atoms. The first-order chi connectivity index (χ1) is 9.61. The van der Waals surface area contributed by atoms with Crippen LogP contribution in [-0.2, 0) is 6.54 Å². The van der Waals surface area contributed by atoms with E-state index in [1.54, 1.807) is 0 Å². The minimum absolute atomic E-state index is 0. The number of aryl methyl sites for hydroxylation is 1. The molecule has 0 saturated carbocycles. The Morgan fingerprint density at radius 1 is 1.29 bits per heavy atom. The van der Waals surface area contributed by atoms with Crippen LogP contribution in [0.4, 0.5) is 0 Å². The van der Waals surface area contributed by atoms with Crippen LogP contribution >= 0.6 is 24.0 Å². The Morgan fingerprint density at radius 2 is 2.05 bits per heavy atom. The molecule has 1 heterocycles. The molecular weight excluding hydrogens is 377 g/mol. The molecule has 0 saturated heterocycles. The molecule has 2 N–H and O–H groups in total. The van der Waals surface area contributed by atoms with E-state index in [0.29, 0.717) is 6.04 Å². The maximum Gasteiger partial charge on any atom is 0.191 e. The molecule has 0 radical (unpaired) electrons. The van der Waals surface area contributed by atoms with Crippen LogP contribution in [0.15, 0.2) is 23.5 Å². The second kappa shape index (κ2) is 11.8. The molecule has 1 aromatic heterocycles. The minimum atomic E-state index is 0. The lowest BCUT2D eigenvalue weighted by Gasteiger charge is -2.18. The van der Waals surface area contributed by atoms with Crippen LogP contribution in [-0.4, -0.2) is 35.4 Å². The van der Waals surface area contributed by atoms with Gasteiger partial charge < -0.3 is 10.6 Å². The summed E-state index contributed by atoms with van der Waals surface area (Å²) < 4.78 is 1.95. The minimum Gasteiger partial charge on any atom is -0.356 e. The molecule has 0 aliphatic rings. The molecule has 1 unspecified atom stereocenters. The molecule has 1 aromatic rings. The SMILES string of the molecule is CN=C(NCCCn1cccn1)NC(C)CCC(C)C.I. The summed E-state index contributed by atoms with van der Waals surface area (Å²) in [6.45, 7) is 8.56. The van der Waals surface area contributed by atoms with Crippen molar-refractivity contribution in [2.75, 3.05) is 13.6 Å². The highest BCUT2D eigenvalue weighted by molar-refractivity contribution is 14.0. The molecule has 0 bridgehead atoms. The summed E-state index contributed by atoms with van der Waals surface area (Å²) in [5, 5.41) is 11.0. The predicted octanol–water partition coefficient (Wildman–Crippen LogP) is 2.88. The van der Waals surface area contributed by atoms with Crippen molar-refractivity contribution >= 4 is 29.9 Å². The molecule has 0 aromatic carbocycles. The highest BCUT2D eigenvalue weighted by Crippen LogP contribution is 2.06. The number of rotatable bonds is 8. The van der Waals surface area contributed by atoms with Crippen molar-refractivity contribution < 1.29 is 0 Å². The fourth-order valence-electron chi connectivity index (χ4n) is 1.96. The van der Waals surface area contributed by atoms with Gasteiger partial charge in [-0.3, -0.25) is 9.67 Å². The van der Waals surface area contributed by atoms with E-state index >= 15 is 0 Å². The summed E-state index contributed by atoms with van der Waals surface area (Å²) in [5.41, 5.74) is 0. The quantitative estimate of drug-likeness (QED) is 0.302. The topological polar surface area (TPSA) is 54.2 Å². The highest BCUT2D eigenvalue weighted by atomic mass is 127. The molecule has 0 aliphatic heterocycles. The van der Waals surface area contributed by atoms with Crippen molar-refractivity contribution in [2.24, 2.45) is 10.9 Å². The first kappa shape index (κ1) is 20.2. The highest BCUT2D eigenvalue weighted by Gasteiger charge is 2.05. The van der Waals surface area contributed by atoms with Crippen LogP contribution in [0, 0.1) is 5.92 Å². The first-order valence-electron chi connectivity index (χ1n) is 7.56. The first-order valence-corrected chi connectivity index (χ1v) is 7.56. The Bertz CT molecular complexity index is 375. The lowest BCUT2D eigenvalue weighted by atomic mass is 10.0. The van der Waals surface area contributed by atoms with Crippen LogP contribution in [0.3, 0.4) is 0 Å². The Morgan fingerprint density at radius 3 is 2.62 bits per heavy atom. The molecule has 5 nitrogen and oxygen atoms in total. The maximum atomic E-state index is 4.26. The molecular formula is C15H30IN5. The Hall–Kier alpha value is -0.790. The number of guanidine groups is 1. The zero-order valence-corrected chi connectivity index (χ0v) is 16.0. The summed E-state index contributed by atoms with van der Waals surface area (Å²) in [5.74, 6) is 1.64. The fraction of sp³-hybridized carbons (Fsp3) is 0.733. The second-order valence-electron chi connectivity index (χ2n) is 5.64. The van der Waals surface area contributed by atoms with E-state index in [0.717, 1.165) is 31.4 Å². The summed E-state index contributed by atoms with van der Waals surface area (Å²) in [6, 6.07) is 2.40. The van der Waals surface area contributed by atoms with Gasteiger partial charge in [0.1, 0.15) is 0 Å². The van der Waals surface area contributed by atoms with Gasteiger partial charge in [0.05, 0.1) is 0 Å². The molecule has 1 rings (SSSR count). The van der Waals surface area contributed by atoms with Gasteiger partial charge in [0.25, 0.3) is 0 Å². The third-order valence-electron chi connectivity index (χ3n) is 3.20. The van der Waals surface area contributed by atoms with Gasteiger partial charge in [0, 0.05) is 38.6 Å². The van der Waals surface area contributed by atoms with Crippen LogP contribution in [0.1, 0.15) is 40.0 Å². The molecule has 1 atom stereocenters. The normalized spacial score (nSPS) is 12.9. The third kappa shape index (κ3) is 9.71. The van der Waals surface area contributed by atoms with Gasteiger partial charge in [-0.15, -0.1) is 24.0 Å². The number of nitrogens with one attached hydrogen (secondary N) is 2. The Balaban J connectivity index is 0.00000400. The van der Waals surface area contributed by atoms with Gasteiger partial charge in [-0.2, -0.15) is 5.10 Å². The summed E-state index contributed by atoms with van der Waals surface area (Å²) in [7, 11) is 1.82. The number of nitrogens with zero attached hydrogens (tertiary/aromatic N) is 3. The Kier molecular flexibility index (Phi) is 11.4. The lowest BCUT2D eigenvalue weighted by molar-refractivity contribution is 0.488. The zero-order valence-electron chi connectivity index (χ0n) is 13.7. The lowest BCUT2D eigenvalue weighted by Crippen LogP contribution is -2.42. The van der Waals surface area contributed by atoms with E-state index in [2.05, 4.69) is 41.5 Å².